The second kappa shape index (κ2) is 3.72. The van der Waals surface area contributed by atoms with Crippen molar-refractivity contribution in [2.75, 3.05) is 13.1 Å². The zero-order valence-electron chi connectivity index (χ0n) is 12.4. The highest BCUT2D eigenvalue weighted by Crippen LogP contribution is 2.54. The number of aromatic hydroxyl groups is 1. The van der Waals surface area contributed by atoms with Gasteiger partial charge in [0.2, 0.25) is 0 Å². The Balaban J connectivity index is 2.03. The summed E-state index contributed by atoms with van der Waals surface area (Å²) in [7, 11) is 0. The molecule has 0 aliphatic carbocycles. The van der Waals surface area contributed by atoms with Gasteiger partial charge in [-0.05, 0) is 62.8 Å². The smallest absolute Gasteiger partial charge is 0.143 e. The number of phenols is 1. The molecule has 0 radical (unpaired) electrons. The summed E-state index contributed by atoms with van der Waals surface area (Å²) in [6.07, 6.45) is 2.39. The number of fused-ring (bicyclic) bond motifs is 3. The molecular weight excluding hydrogens is 250 g/mol. The standard InChI is InChI=1S/C17H21NO2/c1-10-8-12(19)15-13(9-10)20-17(2,3)16-14(15)11-4-6-18(16)7-5-11/h8-9,11,19H,4-7H2,1-3H3. The number of aryl methyl sites for hydroxylation is 1. The van der Waals surface area contributed by atoms with E-state index in [-0.39, 0.29) is 5.60 Å². The monoisotopic (exact) mass is 271 g/mol. The Morgan fingerprint density at radius 3 is 2.65 bits per heavy atom. The molecule has 4 aliphatic rings. The summed E-state index contributed by atoms with van der Waals surface area (Å²) in [4.78, 5) is 2.46. The van der Waals surface area contributed by atoms with Crippen molar-refractivity contribution >= 4 is 5.57 Å². The molecule has 106 valence electrons. The molecule has 3 heteroatoms. The Hall–Kier alpha value is -1.64. The Kier molecular flexibility index (Phi) is 2.25. The lowest BCUT2D eigenvalue weighted by atomic mass is 9.74. The van der Waals surface area contributed by atoms with Gasteiger partial charge in [0.15, 0.2) is 0 Å². The average molecular weight is 271 g/mol. The lowest BCUT2D eigenvalue weighted by Gasteiger charge is -2.51. The third-order valence-corrected chi connectivity index (χ3v) is 4.90. The van der Waals surface area contributed by atoms with Crippen LogP contribution >= 0.6 is 0 Å². The molecule has 3 nitrogen and oxygen atoms in total. The van der Waals surface area contributed by atoms with Crippen LogP contribution in [-0.2, 0) is 0 Å². The molecule has 0 atom stereocenters. The van der Waals surface area contributed by atoms with E-state index in [0.717, 1.165) is 30.0 Å². The largest absolute Gasteiger partial charge is 0.507 e. The third kappa shape index (κ3) is 1.46. The van der Waals surface area contributed by atoms with E-state index in [1.54, 1.807) is 0 Å². The molecule has 1 N–H and O–H groups in total. The van der Waals surface area contributed by atoms with Gasteiger partial charge in [0.1, 0.15) is 17.1 Å². The van der Waals surface area contributed by atoms with Crippen molar-refractivity contribution < 1.29 is 9.84 Å². The van der Waals surface area contributed by atoms with Crippen molar-refractivity contribution in [2.24, 2.45) is 5.92 Å². The van der Waals surface area contributed by atoms with Crippen molar-refractivity contribution in [1.29, 1.82) is 0 Å². The topological polar surface area (TPSA) is 32.7 Å². The van der Waals surface area contributed by atoms with E-state index < -0.39 is 0 Å². The average Bonchev–Trinajstić information content (AvgIpc) is 2.37. The molecule has 2 bridgehead atoms. The molecule has 5 rings (SSSR count). The van der Waals surface area contributed by atoms with E-state index in [9.17, 15) is 5.11 Å². The summed E-state index contributed by atoms with van der Waals surface area (Å²) < 4.78 is 6.24. The predicted molar refractivity (Wildman–Crippen MR) is 78.8 cm³/mol. The van der Waals surface area contributed by atoms with Crippen LogP contribution in [0, 0.1) is 12.8 Å². The van der Waals surface area contributed by atoms with Crippen LogP contribution in [0.25, 0.3) is 5.57 Å². The molecule has 0 amide bonds. The van der Waals surface area contributed by atoms with Crippen molar-refractivity contribution in [3.8, 4) is 11.5 Å². The fraction of sp³-hybridized carbons (Fsp3) is 0.529. The number of phenolic OH excluding ortho intramolecular Hbond substituents is 1. The Morgan fingerprint density at radius 1 is 1.25 bits per heavy atom. The SMILES string of the molecule is Cc1cc(O)c2c(c1)OC(C)(C)C1=C2C2CCN1CC2. The summed E-state index contributed by atoms with van der Waals surface area (Å²) >= 11 is 0. The molecule has 4 heterocycles. The van der Waals surface area contributed by atoms with Crippen LogP contribution in [-0.4, -0.2) is 28.7 Å². The number of allylic oxidation sites excluding steroid dienone is 1. The molecule has 1 saturated heterocycles. The van der Waals surface area contributed by atoms with E-state index in [2.05, 4.69) is 24.8 Å². The van der Waals surface area contributed by atoms with Gasteiger partial charge in [0, 0.05) is 13.1 Å². The summed E-state index contributed by atoms with van der Waals surface area (Å²) in [5.41, 5.74) is 4.32. The van der Waals surface area contributed by atoms with Crippen LogP contribution in [0.15, 0.2) is 17.8 Å². The second-order valence-corrected chi connectivity index (χ2v) is 6.79. The number of hydrogen-bond donors (Lipinski definition) is 1. The van der Waals surface area contributed by atoms with Crippen LogP contribution < -0.4 is 4.74 Å². The van der Waals surface area contributed by atoms with Gasteiger partial charge in [-0.3, -0.25) is 0 Å². The molecule has 0 aromatic heterocycles. The molecule has 4 aliphatic heterocycles. The predicted octanol–water partition coefficient (Wildman–Crippen LogP) is 3.31. The maximum Gasteiger partial charge on any atom is 0.143 e. The van der Waals surface area contributed by atoms with Crippen LogP contribution in [0.2, 0.25) is 0 Å². The maximum absolute atomic E-state index is 10.4. The molecule has 1 fully saturated rings. The molecule has 0 unspecified atom stereocenters. The zero-order chi connectivity index (χ0) is 14.1. The number of rotatable bonds is 0. The van der Waals surface area contributed by atoms with Gasteiger partial charge in [-0.2, -0.15) is 0 Å². The lowest BCUT2D eigenvalue weighted by Crippen LogP contribution is -2.50. The highest BCUT2D eigenvalue weighted by Gasteiger charge is 2.46. The Bertz CT molecular complexity index is 622. The first-order valence-electron chi connectivity index (χ1n) is 7.50. The van der Waals surface area contributed by atoms with Crippen molar-refractivity contribution in [1.82, 2.24) is 4.90 Å². The van der Waals surface area contributed by atoms with E-state index in [1.807, 2.05) is 13.0 Å². The highest BCUT2D eigenvalue weighted by atomic mass is 16.5. The van der Waals surface area contributed by atoms with Gasteiger partial charge in [0.05, 0.1) is 11.3 Å². The van der Waals surface area contributed by atoms with Gasteiger partial charge < -0.3 is 14.7 Å². The summed E-state index contributed by atoms with van der Waals surface area (Å²) in [6, 6.07) is 3.90. The molecule has 20 heavy (non-hydrogen) atoms. The van der Waals surface area contributed by atoms with Gasteiger partial charge in [-0.1, -0.05) is 0 Å². The summed E-state index contributed by atoms with van der Waals surface area (Å²) in [6.45, 7) is 8.53. The quantitative estimate of drug-likeness (QED) is 0.786. The Labute approximate surface area is 119 Å². The molecule has 0 saturated carbocycles. The second-order valence-electron chi connectivity index (χ2n) is 6.79. The van der Waals surface area contributed by atoms with Gasteiger partial charge in [-0.15, -0.1) is 0 Å². The molecule has 1 aromatic carbocycles. The maximum atomic E-state index is 10.4. The number of ether oxygens (including phenoxy) is 1. The first-order valence-corrected chi connectivity index (χ1v) is 7.50. The van der Waals surface area contributed by atoms with E-state index in [4.69, 9.17) is 4.74 Å². The number of nitrogens with zero attached hydrogens (tertiary/aromatic N) is 1. The highest BCUT2D eigenvalue weighted by molar-refractivity contribution is 5.82. The first-order chi connectivity index (χ1) is 9.47. The van der Waals surface area contributed by atoms with Crippen molar-refractivity contribution in [3.63, 3.8) is 0 Å². The molecule has 1 aromatic rings. The van der Waals surface area contributed by atoms with Crippen molar-refractivity contribution in [3.05, 3.63) is 29.0 Å². The van der Waals surface area contributed by atoms with Crippen LogP contribution in [0.1, 0.15) is 37.8 Å². The van der Waals surface area contributed by atoms with Crippen LogP contribution in [0.5, 0.6) is 11.5 Å². The normalized spacial score (nSPS) is 23.4. The number of hydrogen-bond acceptors (Lipinski definition) is 3. The minimum Gasteiger partial charge on any atom is -0.507 e. The number of benzene rings is 1. The minimum atomic E-state index is -0.304. The summed E-state index contributed by atoms with van der Waals surface area (Å²) in [5, 5.41) is 10.4. The van der Waals surface area contributed by atoms with Gasteiger partial charge >= 0.3 is 0 Å². The molecule has 0 spiro atoms. The molecular formula is C17H21NO2. The third-order valence-electron chi connectivity index (χ3n) is 4.90. The fourth-order valence-corrected chi connectivity index (χ4v) is 4.19. The van der Waals surface area contributed by atoms with Crippen LogP contribution in [0.4, 0.5) is 0 Å². The lowest BCUT2D eigenvalue weighted by molar-refractivity contribution is 0.0770. The van der Waals surface area contributed by atoms with Gasteiger partial charge in [0.25, 0.3) is 0 Å². The minimum absolute atomic E-state index is 0.304. The van der Waals surface area contributed by atoms with E-state index in [1.165, 1.54) is 24.1 Å². The number of piperidine rings is 1. The van der Waals surface area contributed by atoms with Crippen molar-refractivity contribution in [2.45, 2.75) is 39.2 Å². The van der Waals surface area contributed by atoms with Crippen LogP contribution in [0.3, 0.4) is 0 Å². The first kappa shape index (κ1) is 12.1. The zero-order valence-corrected chi connectivity index (χ0v) is 12.4. The van der Waals surface area contributed by atoms with E-state index >= 15 is 0 Å². The summed E-state index contributed by atoms with van der Waals surface area (Å²) in [5.74, 6) is 1.79. The Morgan fingerprint density at radius 2 is 1.95 bits per heavy atom. The fourth-order valence-electron chi connectivity index (χ4n) is 4.19. The van der Waals surface area contributed by atoms with Gasteiger partial charge in [-0.25, -0.2) is 0 Å². The van der Waals surface area contributed by atoms with E-state index in [0.29, 0.717) is 11.7 Å².